The first-order valence-electron chi connectivity index (χ1n) is 11.5. The van der Waals surface area contributed by atoms with Crippen LogP contribution in [0.3, 0.4) is 0 Å². The highest BCUT2D eigenvalue weighted by Crippen LogP contribution is 2.25. The Balaban J connectivity index is 1.39. The van der Waals surface area contributed by atoms with E-state index in [1.807, 2.05) is 48.5 Å². The van der Waals surface area contributed by atoms with Crippen LogP contribution >= 0.6 is 0 Å². The van der Waals surface area contributed by atoms with Crippen LogP contribution < -0.4 is 16.2 Å². The monoisotopic (exact) mass is 468 g/mol. The molecular weight excluding hydrogens is 440 g/mol. The maximum Gasteiger partial charge on any atom is 0.269 e. The van der Waals surface area contributed by atoms with Crippen molar-refractivity contribution in [2.45, 2.75) is 32.1 Å². The van der Waals surface area contributed by atoms with Crippen LogP contribution in [0, 0.1) is 0 Å². The van der Waals surface area contributed by atoms with Crippen molar-refractivity contribution in [1.29, 1.82) is 0 Å². The minimum Gasteiger partial charge on any atom is -0.348 e. The van der Waals surface area contributed by atoms with E-state index in [4.69, 9.17) is 0 Å². The topological polar surface area (TPSA) is 90.5 Å². The van der Waals surface area contributed by atoms with E-state index in [0.29, 0.717) is 31.6 Å². The summed E-state index contributed by atoms with van der Waals surface area (Å²) in [6.45, 7) is 5.03. The highest BCUT2D eigenvalue weighted by Gasteiger charge is 2.31. The molecular formula is C28H28N4O3. The minimum atomic E-state index is -0.416. The van der Waals surface area contributed by atoms with Gasteiger partial charge in [-0.3, -0.25) is 30.1 Å². The number of hydrazine groups is 1. The van der Waals surface area contributed by atoms with E-state index >= 15 is 0 Å². The molecule has 178 valence electrons. The first-order chi connectivity index (χ1) is 17.0. The van der Waals surface area contributed by atoms with Gasteiger partial charge in [0, 0.05) is 25.2 Å². The molecule has 1 aliphatic heterocycles. The van der Waals surface area contributed by atoms with Crippen molar-refractivity contribution in [3.05, 3.63) is 119 Å². The molecule has 0 aliphatic carbocycles. The predicted octanol–water partition coefficient (Wildman–Crippen LogP) is 2.88. The zero-order chi connectivity index (χ0) is 24.6. The molecule has 1 aliphatic rings. The van der Waals surface area contributed by atoms with Gasteiger partial charge in [-0.05, 0) is 46.9 Å². The fraction of sp³-hybridized carbons (Fsp3) is 0.179. The van der Waals surface area contributed by atoms with Gasteiger partial charge in [0.15, 0.2) is 0 Å². The van der Waals surface area contributed by atoms with Crippen molar-refractivity contribution >= 4 is 17.7 Å². The van der Waals surface area contributed by atoms with Gasteiger partial charge in [0.25, 0.3) is 11.8 Å². The maximum atomic E-state index is 13.2. The van der Waals surface area contributed by atoms with Crippen LogP contribution in [0.25, 0.3) is 0 Å². The molecule has 3 aromatic rings. The number of nitrogens with zero attached hydrogens (tertiary/aromatic N) is 1. The van der Waals surface area contributed by atoms with Crippen LogP contribution in [0.1, 0.15) is 32.6 Å². The average molecular weight is 469 g/mol. The van der Waals surface area contributed by atoms with Gasteiger partial charge in [0.1, 0.15) is 0 Å². The smallest absolute Gasteiger partial charge is 0.269 e. The van der Waals surface area contributed by atoms with Crippen LogP contribution in [0.2, 0.25) is 0 Å². The van der Waals surface area contributed by atoms with Crippen molar-refractivity contribution in [2.75, 3.05) is 0 Å². The Morgan fingerprint density at radius 1 is 0.857 bits per heavy atom. The molecule has 0 unspecified atom stereocenters. The van der Waals surface area contributed by atoms with Crippen molar-refractivity contribution in [3.8, 4) is 0 Å². The molecule has 3 N–H and O–H groups in total. The summed E-state index contributed by atoms with van der Waals surface area (Å²) in [6, 6.07) is 24.6. The lowest BCUT2D eigenvalue weighted by Crippen LogP contribution is -2.54. The first-order valence-corrected chi connectivity index (χ1v) is 11.5. The maximum absolute atomic E-state index is 13.2. The fourth-order valence-corrected chi connectivity index (χ4v) is 4.13. The summed E-state index contributed by atoms with van der Waals surface area (Å²) in [5.41, 5.74) is 9.87. The van der Waals surface area contributed by atoms with Gasteiger partial charge >= 0.3 is 0 Å². The largest absolute Gasteiger partial charge is 0.348 e. The highest BCUT2D eigenvalue weighted by molar-refractivity contribution is 5.96. The van der Waals surface area contributed by atoms with Crippen LogP contribution in [-0.4, -0.2) is 28.7 Å². The summed E-state index contributed by atoms with van der Waals surface area (Å²) in [6.07, 6.45) is 1.77. The van der Waals surface area contributed by atoms with E-state index in [0.717, 1.165) is 16.7 Å². The number of hydrogen-bond donors (Lipinski definition) is 3. The van der Waals surface area contributed by atoms with Crippen LogP contribution in [0.15, 0.2) is 91.5 Å². The molecule has 4 rings (SSSR count). The Morgan fingerprint density at radius 2 is 1.54 bits per heavy atom. The van der Waals surface area contributed by atoms with Gasteiger partial charge < -0.3 is 5.32 Å². The third-order valence-corrected chi connectivity index (χ3v) is 6.04. The van der Waals surface area contributed by atoms with Gasteiger partial charge in [-0.25, -0.2) is 0 Å². The molecule has 3 amide bonds. The molecule has 7 nitrogen and oxygen atoms in total. The molecule has 1 heterocycles. The Hall–Kier alpha value is -4.23. The van der Waals surface area contributed by atoms with Gasteiger partial charge in [0.05, 0.1) is 6.04 Å². The number of carbonyl (C=O) groups is 3. The summed E-state index contributed by atoms with van der Waals surface area (Å²) in [7, 11) is 0. The second kappa shape index (κ2) is 11.3. The van der Waals surface area contributed by atoms with Crippen LogP contribution in [-0.2, 0) is 35.6 Å². The molecule has 7 heteroatoms. The van der Waals surface area contributed by atoms with Crippen LogP contribution in [0.4, 0.5) is 0 Å². The third-order valence-electron chi connectivity index (χ3n) is 6.04. The van der Waals surface area contributed by atoms with E-state index in [-0.39, 0.29) is 11.8 Å². The number of carbonyl (C=O) groups excluding carboxylic acids is 3. The van der Waals surface area contributed by atoms with Gasteiger partial charge in [-0.15, -0.1) is 0 Å². The molecule has 1 atom stereocenters. The number of rotatable bonds is 7. The Kier molecular flexibility index (Phi) is 7.70. The molecule has 0 bridgehead atoms. The van der Waals surface area contributed by atoms with Gasteiger partial charge in [0.2, 0.25) is 5.91 Å². The number of hydrogen-bond acceptors (Lipinski definition) is 4. The van der Waals surface area contributed by atoms with E-state index in [2.05, 4.69) is 33.7 Å². The molecule has 0 radical (unpaired) electrons. The summed E-state index contributed by atoms with van der Waals surface area (Å²) in [4.78, 5) is 39.2. The molecule has 3 aromatic carbocycles. The molecule has 35 heavy (non-hydrogen) atoms. The molecule has 0 saturated heterocycles. The van der Waals surface area contributed by atoms with E-state index in [1.54, 1.807) is 24.3 Å². The summed E-state index contributed by atoms with van der Waals surface area (Å²) < 4.78 is 0. The molecule has 0 fully saturated rings. The summed E-state index contributed by atoms with van der Waals surface area (Å²) in [5.74, 6) is -0.931. The molecule has 0 saturated carbocycles. The Labute approximate surface area is 204 Å². The first kappa shape index (κ1) is 23.9. The van der Waals surface area contributed by atoms with Crippen LogP contribution in [0.5, 0.6) is 0 Å². The average Bonchev–Trinajstić information content (AvgIpc) is 2.90. The lowest BCUT2D eigenvalue weighted by Gasteiger charge is -2.36. The van der Waals surface area contributed by atoms with Crippen molar-refractivity contribution < 1.29 is 14.4 Å². The van der Waals surface area contributed by atoms with Crippen molar-refractivity contribution in [1.82, 2.24) is 21.1 Å². The molecule has 0 spiro atoms. The van der Waals surface area contributed by atoms with E-state index < -0.39 is 11.9 Å². The number of fused-ring (bicyclic) bond motifs is 1. The lowest BCUT2D eigenvalue weighted by atomic mass is 9.93. The normalized spacial score (nSPS) is 14.9. The third kappa shape index (κ3) is 6.22. The Bertz CT molecular complexity index is 1210. The SMILES string of the molecule is C=CC(=O)NCc1ccc(C(=O)NNC(=O)[C@H]2Cc3ccccc3CN2Cc2ccccc2)cc1. The number of amides is 3. The Morgan fingerprint density at radius 3 is 2.26 bits per heavy atom. The second-order valence-corrected chi connectivity index (χ2v) is 8.44. The zero-order valence-corrected chi connectivity index (χ0v) is 19.4. The van der Waals surface area contributed by atoms with Crippen molar-refractivity contribution in [3.63, 3.8) is 0 Å². The second-order valence-electron chi connectivity index (χ2n) is 8.44. The zero-order valence-electron chi connectivity index (χ0n) is 19.4. The number of nitrogens with one attached hydrogen (secondary N) is 3. The summed E-state index contributed by atoms with van der Waals surface area (Å²) >= 11 is 0. The number of benzene rings is 3. The minimum absolute atomic E-state index is 0.257. The highest BCUT2D eigenvalue weighted by atomic mass is 16.2. The lowest BCUT2D eigenvalue weighted by molar-refractivity contribution is -0.128. The van der Waals surface area contributed by atoms with E-state index in [9.17, 15) is 14.4 Å². The predicted molar refractivity (Wildman–Crippen MR) is 134 cm³/mol. The molecule has 0 aromatic heterocycles. The van der Waals surface area contributed by atoms with Crippen molar-refractivity contribution in [2.24, 2.45) is 0 Å². The standard InChI is InChI=1S/C28H28N4O3/c1-2-26(33)29-17-20-12-14-22(15-13-20)27(34)30-31-28(35)25-16-23-10-6-7-11-24(23)19-32(25)18-21-8-4-3-5-9-21/h2-15,25H,1,16-19H2,(H,29,33)(H,30,34)(H,31,35)/t25-/m1/s1. The quantitative estimate of drug-likeness (QED) is 0.367. The van der Waals surface area contributed by atoms with Gasteiger partial charge in [-0.2, -0.15) is 0 Å². The van der Waals surface area contributed by atoms with Gasteiger partial charge in [-0.1, -0.05) is 73.3 Å². The fourth-order valence-electron chi connectivity index (χ4n) is 4.13. The van der Waals surface area contributed by atoms with E-state index in [1.165, 1.54) is 11.6 Å². The summed E-state index contributed by atoms with van der Waals surface area (Å²) in [5, 5.41) is 2.68.